The second-order valence-electron chi connectivity index (χ2n) is 7.33. The fourth-order valence-electron chi connectivity index (χ4n) is 3.46. The van der Waals surface area contributed by atoms with Gasteiger partial charge < -0.3 is 4.74 Å². The van der Waals surface area contributed by atoms with Crippen LogP contribution in [0.2, 0.25) is 0 Å². The van der Waals surface area contributed by atoms with Crippen LogP contribution in [0, 0.1) is 6.92 Å². The highest BCUT2D eigenvalue weighted by atomic mass is 32.2. The Kier molecular flexibility index (Phi) is 5.21. The number of aryl methyl sites for hydroxylation is 3. The highest BCUT2D eigenvalue weighted by Gasteiger charge is 2.25. The van der Waals surface area contributed by atoms with Crippen molar-refractivity contribution in [1.29, 1.82) is 0 Å². The van der Waals surface area contributed by atoms with Crippen molar-refractivity contribution in [3.63, 3.8) is 0 Å². The van der Waals surface area contributed by atoms with Crippen molar-refractivity contribution < 1.29 is 17.4 Å². The van der Waals surface area contributed by atoms with Crippen LogP contribution < -0.4 is 4.74 Å². The van der Waals surface area contributed by atoms with Gasteiger partial charge in [-0.1, -0.05) is 12.1 Å². The predicted molar refractivity (Wildman–Crippen MR) is 103 cm³/mol. The van der Waals surface area contributed by atoms with Gasteiger partial charge in [0.2, 0.25) is 0 Å². The molecule has 1 aliphatic carbocycles. The average Bonchev–Trinajstić information content (AvgIpc) is 2.64. The smallest absolute Gasteiger partial charge is 0.313 e. The Morgan fingerprint density at radius 3 is 2.48 bits per heavy atom. The lowest BCUT2D eigenvalue weighted by molar-refractivity contribution is -0.101. The number of ether oxygens (including phenoxy) is 1. The monoisotopic (exact) mass is 387 g/mol. The molecule has 0 saturated carbocycles. The lowest BCUT2D eigenvalue weighted by atomic mass is 9.92. The van der Waals surface area contributed by atoms with E-state index in [9.17, 15) is 8.42 Å². The van der Waals surface area contributed by atoms with Crippen LogP contribution >= 0.6 is 0 Å². The van der Waals surface area contributed by atoms with E-state index < -0.39 is 10.1 Å². The first-order chi connectivity index (χ1) is 13.0. The zero-order chi connectivity index (χ0) is 18.9. The summed E-state index contributed by atoms with van der Waals surface area (Å²) in [5, 5.41) is 1.47. The van der Waals surface area contributed by atoms with Crippen LogP contribution in [-0.4, -0.2) is 26.6 Å². The van der Waals surface area contributed by atoms with Crippen molar-refractivity contribution in [2.24, 2.45) is 0 Å². The molecule has 0 aromatic heterocycles. The van der Waals surface area contributed by atoms with Crippen LogP contribution in [0.25, 0.3) is 0 Å². The average molecular weight is 388 g/mol. The molecule has 0 amide bonds. The zero-order valence-corrected chi connectivity index (χ0v) is 16.4. The molecule has 1 heterocycles. The molecular formula is C21H25NO4S. The Bertz CT molecular complexity index is 935. The van der Waals surface area contributed by atoms with Gasteiger partial charge in [-0.2, -0.15) is 17.8 Å². The molecule has 27 heavy (non-hydrogen) atoms. The van der Waals surface area contributed by atoms with E-state index >= 15 is 0 Å². The van der Waals surface area contributed by atoms with Gasteiger partial charge >= 0.3 is 10.1 Å². The molecule has 0 spiro atoms. The van der Waals surface area contributed by atoms with Crippen molar-refractivity contribution in [2.75, 3.05) is 13.1 Å². The normalized spacial score (nSPS) is 17.2. The molecule has 2 aliphatic rings. The van der Waals surface area contributed by atoms with Crippen molar-refractivity contribution >= 4 is 10.1 Å². The Hall–Kier alpha value is -1.89. The summed E-state index contributed by atoms with van der Waals surface area (Å²) in [5.41, 5.74) is 4.63. The zero-order valence-electron chi connectivity index (χ0n) is 15.6. The van der Waals surface area contributed by atoms with Crippen LogP contribution in [0.15, 0.2) is 41.3 Å². The summed E-state index contributed by atoms with van der Waals surface area (Å²) in [5.74, 6) is 0.833. The predicted octanol–water partition coefficient (Wildman–Crippen LogP) is 3.78. The standard InChI is InChI=1S/C21H25NO4S/c1-16-7-10-21(27(23,24)26-22-11-4-12-22)14-19(16)15-25-20-9-8-17-5-2-3-6-18(17)13-20/h7-10,13-14H,2-6,11-12,15H2,1H3. The van der Waals surface area contributed by atoms with E-state index in [4.69, 9.17) is 9.02 Å². The van der Waals surface area contributed by atoms with Crippen molar-refractivity contribution in [3.05, 3.63) is 58.7 Å². The summed E-state index contributed by atoms with van der Waals surface area (Å²) in [6.07, 6.45) is 5.70. The second kappa shape index (κ2) is 7.62. The first-order valence-corrected chi connectivity index (χ1v) is 11.0. The van der Waals surface area contributed by atoms with Gasteiger partial charge in [-0.05, 0) is 85.5 Å². The minimum absolute atomic E-state index is 0.170. The van der Waals surface area contributed by atoms with Crippen LogP contribution in [0.3, 0.4) is 0 Å². The summed E-state index contributed by atoms with van der Waals surface area (Å²) in [6, 6.07) is 11.3. The van der Waals surface area contributed by atoms with Crippen molar-refractivity contribution in [2.45, 2.75) is 50.5 Å². The molecule has 0 N–H and O–H groups in total. The number of hydrogen-bond acceptors (Lipinski definition) is 5. The van der Waals surface area contributed by atoms with Crippen molar-refractivity contribution in [3.8, 4) is 5.75 Å². The topological polar surface area (TPSA) is 55.8 Å². The number of rotatable bonds is 6. The van der Waals surface area contributed by atoms with E-state index in [2.05, 4.69) is 12.1 Å². The lowest BCUT2D eigenvalue weighted by Crippen LogP contribution is -2.38. The largest absolute Gasteiger partial charge is 0.489 e. The molecule has 5 nitrogen and oxygen atoms in total. The molecule has 1 aliphatic heterocycles. The van der Waals surface area contributed by atoms with Crippen molar-refractivity contribution in [1.82, 2.24) is 5.06 Å². The second-order valence-corrected chi connectivity index (χ2v) is 8.85. The van der Waals surface area contributed by atoms with E-state index in [0.29, 0.717) is 19.7 Å². The van der Waals surface area contributed by atoms with Gasteiger partial charge in [0.1, 0.15) is 12.4 Å². The lowest BCUT2D eigenvalue weighted by Gasteiger charge is -2.28. The molecule has 0 unspecified atom stereocenters. The van der Waals surface area contributed by atoms with E-state index in [0.717, 1.165) is 36.1 Å². The summed E-state index contributed by atoms with van der Waals surface area (Å²) in [4.78, 5) is 0.170. The highest BCUT2D eigenvalue weighted by Crippen LogP contribution is 2.27. The summed E-state index contributed by atoms with van der Waals surface area (Å²) in [6.45, 7) is 3.59. The molecule has 1 saturated heterocycles. The van der Waals surface area contributed by atoms with E-state index in [1.54, 1.807) is 18.2 Å². The molecule has 6 heteroatoms. The summed E-state index contributed by atoms with van der Waals surface area (Å²) < 4.78 is 36.0. The van der Waals surface area contributed by atoms with Crippen LogP contribution in [0.5, 0.6) is 5.75 Å². The fourth-order valence-corrected chi connectivity index (χ4v) is 4.50. The fraction of sp³-hybridized carbons (Fsp3) is 0.429. The first kappa shape index (κ1) is 18.5. The SMILES string of the molecule is Cc1ccc(S(=O)(=O)ON2CCC2)cc1COc1ccc2c(c1)CCCC2. The number of hydroxylamine groups is 2. The molecule has 0 bridgehead atoms. The molecule has 2 aromatic carbocycles. The van der Waals surface area contributed by atoms with Crippen LogP contribution in [-0.2, 0) is 33.9 Å². The maximum absolute atomic E-state index is 12.4. The Balaban J connectivity index is 1.48. The van der Waals surface area contributed by atoms with Crippen LogP contribution in [0.1, 0.15) is 41.5 Å². The third-order valence-corrected chi connectivity index (χ3v) is 6.58. The van der Waals surface area contributed by atoms with Gasteiger partial charge in [0.05, 0.1) is 4.90 Å². The number of hydrogen-bond donors (Lipinski definition) is 0. The van der Waals surface area contributed by atoms with Gasteiger partial charge in [-0.15, -0.1) is 0 Å². The Morgan fingerprint density at radius 2 is 1.74 bits per heavy atom. The van der Waals surface area contributed by atoms with E-state index in [-0.39, 0.29) is 4.90 Å². The maximum atomic E-state index is 12.4. The minimum Gasteiger partial charge on any atom is -0.489 e. The first-order valence-electron chi connectivity index (χ1n) is 9.55. The number of benzene rings is 2. The Morgan fingerprint density at radius 1 is 0.963 bits per heavy atom. The third-order valence-electron chi connectivity index (χ3n) is 5.34. The van der Waals surface area contributed by atoms with Gasteiger partial charge in [-0.3, -0.25) is 0 Å². The quantitative estimate of drug-likeness (QED) is 0.755. The van der Waals surface area contributed by atoms with Gasteiger partial charge in [-0.25, -0.2) is 0 Å². The summed E-state index contributed by atoms with van der Waals surface area (Å²) in [7, 11) is -3.78. The van der Waals surface area contributed by atoms with Gasteiger partial charge in [0.25, 0.3) is 0 Å². The minimum atomic E-state index is -3.78. The molecule has 4 rings (SSSR count). The van der Waals surface area contributed by atoms with Crippen LogP contribution in [0.4, 0.5) is 0 Å². The molecular weight excluding hydrogens is 362 g/mol. The highest BCUT2D eigenvalue weighted by molar-refractivity contribution is 7.86. The third kappa shape index (κ3) is 4.18. The summed E-state index contributed by atoms with van der Waals surface area (Å²) >= 11 is 0. The molecule has 2 aromatic rings. The molecule has 144 valence electrons. The van der Waals surface area contributed by atoms with Gasteiger partial charge in [0.15, 0.2) is 0 Å². The number of fused-ring (bicyclic) bond motifs is 1. The maximum Gasteiger partial charge on any atom is 0.313 e. The molecule has 0 atom stereocenters. The van der Waals surface area contributed by atoms with Gasteiger partial charge in [0, 0.05) is 13.1 Å². The molecule has 0 radical (unpaired) electrons. The number of nitrogens with zero attached hydrogens (tertiary/aromatic N) is 1. The van der Waals surface area contributed by atoms with E-state index in [1.165, 1.54) is 29.0 Å². The van der Waals surface area contributed by atoms with E-state index in [1.807, 2.05) is 13.0 Å². The Labute approximate surface area is 161 Å². The molecule has 1 fully saturated rings.